The van der Waals surface area contributed by atoms with Crippen molar-refractivity contribution in [3.63, 3.8) is 0 Å². The van der Waals surface area contributed by atoms with E-state index in [1.807, 2.05) is 18.5 Å². The van der Waals surface area contributed by atoms with Crippen molar-refractivity contribution in [2.75, 3.05) is 20.1 Å². The summed E-state index contributed by atoms with van der Waals surface area (Å²) in [6, 6.07) is 2.45. The zero-order chi connectivity index (χ0) is 13.2. The van der Waals surface area contributed by atoms with Crippen LogP contribution in [0.1, 0.15) is 18.7 Å². The zero-order valence-electron chi connectivity index (χ0n) is 11.0. The summed E-state index contributed by atoms with van der Waals surface area (Å²) < 4.78 is 0.718. The van der Waals surface area contributed by atoms with Crippen LogP contribution in [0.15, 0.2) is 16.2 Å². The van der Waals surface area contributed by atoms with E-state index < -0.39 is 0 Å². The molecule has 3 rings (SSSR count). The molecule has 0 aromatic carbocycles. The molecule has 2 aromatic rings. The van der Waals surface area contributed by atoms with Crippen LogP contribution < -0.4 is 10.9 Å². The maximum Gasteiger partial charge on any atom is 0.268 e. The molecule has 1 atom stereocenters. The Kier molecular flexibility index (Phi) is 3.63. The summed E-state index contributed by atoms with van der Waals surface area (Å²) in [6.07, 6.45) is 2.41. The molecule has 1 aliphatic rings. The molecule has 1 saturated heterocycles. The van der Waals surface area contributed by atoms with E-state index in [4.69, 9.17) is 0 Å². The lowest BCUT2D eigenvalue weighted by Gasteiger charge is -2.32. The largest absolute Gasteiger partial charge is 0.316 e. The van der Waals surface area contributed by atoms with Crippen LogP contribution in [0.2, 0.25) is 0 Å². The Bertz CT molecular complexity index is 620. The summed E-state index contributed by atoms with van der Waals surface area (Å²) in [7, 11) is 2.01. The second-order valence-corrected chi connectivity index (χ2v) is 5.93. The molecule has 0 aliphatic carbocycles. The van der Waals surface area contributed by atoms with Gasteiger partial charge in [-0.15, -0.1) is 11.3 Å². The number of hydrogen-bond acceptors (Lipinski definition) is 5. The molecule has 0 radical (unpaired) electrons. The molecule has 5 nitrogen and oxygen atoms in total. The predicted octanol–water partition coefficient (Wildman–Crippen LogP) is 1.17. The molecule has 3 heterocycles. The fraction of sp³-hybridized carbons (Fsp3) is 0.538. The minimum Gasteiger partial charge on any atom is -0.316 e. The van der Waals surface area contributed by atoms with E-state index in [0.29, 0.717) is 6.04 Å². The zero-order valence-corrected chi connectivity index (χ0v) is 11.8. The van der Waals surface area contributed by atoms with E-state index in [1.54, 1.807) is 0 Å². The number of likely N-dealkylation sites (tertiary alicyclic amines) is 1. The molecule has 19 heavy (non-hydrogen) atoms. The number of fused-ring (bicyclic) bond motifs is 1. The van der Waals surface area contributed by atoms with Crippen LogP contribution in [-0.4, -0.2) is 41.0 Å². The van der Waals surface area contributed by atoms with Crippen molar-refractivity contribution in [3.05, 3.63) is 27.6 Å². The molecule has 1 fully saturated rings. The number of H-pyrrole nitrogens is 1. The fourth-order valence-electron chi connectivity index (χ4n) is 2.64. The van der Waals surface area contributed by atoms with Crippen molar-refractivity contribution < 1.29 is 0 Å². The van der Waals surface area contributed by atoms with Gasteiger partial charge in [0.2, 0.25) is 0 Å². The summed E-state index contributed by atoms with van der Waals surface area (Å²) in [5.74, 6) is 0.771. The number of thiophene rings is 1. The summed E-state index contributed by atoms with van der Waals surface area (Å²) in [5.41, 5.74) is 0.795. The Morgan fingerprint density at radius 2 is 2.53 bits per heavy atom. The Morgan fingerprint density at radius 3 is 3.37 bits per heavy atom. The van der Waals surface area contributed by atoms with E-state index in [0.717, 1.165) is 35.7 Å². The molecule has 1 unspecified atom stereocenters. The topological polar surface area (TPSA) is 61.0 Å². The Balaban J connectivity index is 1.79. The highest BCUT2D eigenvalue weighted by Gasteiger charge is 2.19. The number of nitrogens with zero attached hydrogens (tertiary/aromatic N) is 2. The minimum absolute atomic E-state index is 0.0165. The molecule has 0 saturated carbocycles. The highest BCUT2D eigenvalue weighted by molar-refractivity contribution is 7.17. The van der Waals surface area contributed by atoms with Gasteiger partial charge >= 0.3 is 0 Å². The molecule has 0 spiro atoms. The SMILES string of the molecule is CNC1CCCN(Cc2nc3ccsc3c(=O)[nH]2)C1. The summed E-state index contributed by atoms with van der Waals surface area (Å²) in [4.78, 5) is 21.7. The first-order chi connectivity index (χ1) is 9.26. The first-order valence-corrected chi connectivity index (χ1v) is 7.50. The van der Waals surface area contributed by atoms with Gasteiger partial charge in [-0.2, -0.15) is 0 Å². The Labute approximate surface area is 115 Å². The van der Waals surface area contributed by atoms with E-state index in [9.17, 15) is 4.79 Å². The van der Waals surface area contributed by atoms with Gasteiger partial charge in [0.25, 0.3) is 5.56 Å². The average molecular weight is 278 g/mol. The lowest BCUT2D eigenvalue weighted by atomic mass is 10.1. The van der Waals surface area contributed by atoms with Crippen molar-refractivity contribution in [1.82, 2.24) is 20.2 Å². The third-order valence-electron chi connectivity index (χ3n) is 3.65. The third kappa shape index (κ3) is 2.70. The van der Waals surface area contributed by atoms with Gasteiger partial charge in [0.15, 0.2) is 0 Å². The number of aromatic nitrogens is 2. The quantitative estimate of drug-likeness (QED) is 0.885. The first kappa shape index (κ1) is 12.8. The van der Waals surface area contributed by atoms with E-state index in [-0.39, 0.29) is 5.56 Å². The smallest absolute Gasteiger partial charge is 0.268 e. The van der Waals surface area contributed by atoms with Crippen molar-refractivity contribution in [1.29, 1.82) is 0 Å². The van der Waals surface area contributed by atoms with E-state index in [1.165, 1.54) is 24.2 Å². The fourth-order valence-corrected chi connectivity index (χ4v) is 3.37. The van der Waals surface area contributed by atoms with Gasteiger partial charge in [-0.05, 0) is 37.9 Å². The molecular formula is C13H18N4OS. The van der Waals surface area contributed by atoms with Crippen LogP contribution in [0, 0.1) is 0 Å². The predicted molar refractivity (Wildman–Crippen MR) is 77.6 cm³/mol. The molecule has 2 aromatic heterocycles. The van der Waals surface area contributed by atoms with Gasteiger partial charge in [0.1, 0.15) is 10.5 Å². The molecule has 0 bridgehead atoms. The molecule has 2 N–H and O–H groups in total. The summed E-state index contributed by atoms with van der Waals surface area (Å²) in [6.45, 7) is 2.81. The molecule has 1 aliphatic heterocycles. The molecule has 102 valence electrons. The maximum absolute atomic E-state index is 11.9. The summed E-state index contributed by atoms with van der Waals surface area (Å²) >= 11 is 1.44. The van der Waals surface area contributed by atoms with Gasteiger partial charge in [-0.25, -0.2) is 4.98 Å². The normalized spacial score (nSPS) is 21.0. The number of aromatic amines is 1. The number of hydrogen-bond donors (Lipinski definition) is 2. The first-order valence-electron chi connectivity index (χ1n) is 6.62. The number of nitrogens with one attached hydrogen (secondary N) is 2. The monoisotopic (exact) mass is 278 g/mol. The van der Waals surface area contributed by atoms with Gasteiger partial charge in [0, 0.05) is 12.6 Å². The second-order valence-electron chi connectivity index (χ2n) is 5.01. The highest BCUT2D eigenvalue weighted by Crippen LogP contribution is 2.15. The van der Waals surface area contributed by atoms with Gasteiger partial charge in [-0.3, -0.25) is 9.69 Å². The number of piperidine rings is 1. The Morgan fingerprint density at radius 1 is 1.63 bits per heavy atom. The van der Waals surface area contributed by atoms with Crippen LogP contribution >= 0.6 is 11.3 Å². The van der Waals surface area contributed by atoms with Crippen molar-refractivity contribution >= 4 is 21.6 Å². The second kappa shape index (κ2) is 5.40. The molecule has 6 heteroatoms. The van der Waals surface area contributed by atoms with Gasteiger partial charge in [0.05, 0.1) is 12.1 Å². The van der Waals surface area contributed by atoms with E-state index >= 15 is 0 Å². The van der Waals surface area contributed by atoms with Crippen LogP contribution in [-0.2, 0) is 6.54 Å². The van der Waals surface area contributed by atoms with Gasteiger partial charge < -0.3 is 10.3 Å². The lowest BCUT2D eigenvalue weighted by molar-refractivity contribution is 0.184. The Hall–Kier alpha value is -1.24. The summed E-state index contributed by atoms with van der Waals surface area (Å²) in [5, 5.41) is 5.24. The standard InChI is InChI=1S/C13H18N4OS/c1-14-9-3-2-5-17(7-9)8-11-15-10-4-6-19-12(10)13(18)16-11/h4,6,9,14H,2-3,5,7-8H2,1H3,(H,15,16,18). The highest BCUT2D eigenvalue weighted by atomic mass is 32.1. The minimum atomic E-state index is -0.0165. The maximum atomic E-state index is 11.9. The van der Waals surface area contributed by atoms with Crippen molar-refractivity contribution in [2.45, 2.75) is 25.4 Å². The average Bonchev–Trinajstić information content (AvgIpc) is 2.88. The third-order valence-corrected chi connectivity index (χ3v) is 4.55. The number of rotatable bonds is 3. The van der Waals surface area contributed by atoms with E-state index in [2.05, 4.69) is 20.2 Å². The van der Waals surface area contributed by atoms with Crippen LogP contribution in [0.3, 0.4) is 0 Å². The van der Waals surface area contributed by atoms with Crippen LogP contribution in [0.4, 0.5) is 0 Å². The lowest BCUT2D eigenvalue weighted by Crippen LogP contribution is -2.44. The van der Waals surface area contributed by atoms with Crippen LogP contribution in [0.5, 0.6) is 0 Å². The number of likely N-dealkylation sites (N-methyl/N-ethyl adjacent to an activating group) is 1. The molecule has 0 amide bonds. The van der Waals surface area contributed by atoms with Crippen molar-refractivity contribution in [3.8, 4) is 0 Å². The van der Waals surface area contributed by atoms with Gasteiger partial charge in [-0.1, -0.05) is 0 Å². The molecular weight excluding hydrogens is 260 g/mol. The van der Waals surface area contributed by atoms with Crippen molar-refractivity contribution in [2.24, 2.45) is 0 Å². The van der Waals surface area contributed by atoms with Crippen LogP contribution in [0.25, 0.3) is 10.2 Å².